The number of methoxy groups -OCH3 is 1. The Morgan fingerprint density at radius 1 is 1.35 bits per heavy atom. The van der Waals surface area contributed by atoms with Crippen molar-refractivity contribution in [1.29, 1.82) is 0 Å². The second-order valence-electron chi connectivity index (χ2n) is 5.42. The highest BCUT2D eigenvalue weighted by Gasteiger charge is 2.28. The zero-order chi connectivity index (χ0) is 14.2. The Labute approximate surface area is 127 Å². The van der Waals surface area contributed by atoms with E-state index in [-0.39, 0.29) is 0 Å². The molecule has 0 saturated carbocycles. The van der Waals surface area contributed by atoms with Crippen LogP contribution in [0.25, 0.3) is 0 Å². The Hall–Kier alpha value is -0.510. The van der Waals surface area contributed by atoms with Crippen LogP contribution in [0.15, 0.2) is 24.3 Å². The first-order chi connectivity index (χ1) is 9.86. The van der Waals surface area contributed by atoms with Gasteiger partial charge in [-0.1, -0.05) is 31.2 Å². The summed E-state index contributed by atoms with van der Waals surface area (Å²) in [6, 6.07) is 9.47. The van der Waals surface area contributed by atoms with Crippen LogP contribution < -0.4 is 5.32 Å². The van der Waals surface area contributed by atoms with E-state index in [0.717, 1.165) is 19.6 Å². The Kier molecular flexibility index (Phi) is 6.91. The number of hydrogen-bond donors (Lipinski definition) is 1. The number of hydrogen-bond acceptors (Lipinski definition) is 3. The van der Waals surface area contributed by atoms with Crippen molar-refractivity contribution >= 4 is 11.8 Å². The summed E-state index contributed by atoms with van der Waals surface area (Å²) in [6.07, 6.45) is 4.86. The molecule has 1 aliphatic carbocycles. The molecule has 0 amide bonds. The number of nitrogens with one attached hydrogen (secondary N) is 1. The lowest BCUT2D eigenvalue weighted by atomic mass is 9.87. The second-order valence-corrected chi connectivity index (χ2v) is 6.77. The van der Waals surface area contributed by atoms with Gasteiger partial charge in [0.2, 0.25) is 0 Å². The highest BCUT2D eigenvalue weighted by atomic mass is 32.2. The first kappa shape index (κ1) is 15.9. The Morgan fingerprint density at radius 3 is 3.00 bits per heavy atom. The lowest BCUT2D eigenvalue weighted by molar-refractivity contribution is 0.200. The average molecular weight is 293 g/mol. The topological polar surface area (TPSA) is 21.3 Å². The summed E-state index contributed by atoms with van der Waals surface area (Å²) >= 11 is 2.12. The number of benzene rings is 1. The van der Waals surface area contributed by atoms with Gasteiger partial charge in [-0.3, -0.25) is 0 Å². The maximum atomic E-state index is 5.15. The molecule has 0 bridgehead atoms. The summed E-state index contributed by atoms with van der Waals surface area (Å²) in [4.78, 5) is 0. The maximum Gasteiger partial charge on any atom is 0.0470 e. The molecule has 3 heteroatoms. The number of ether oxygens (including phenoxy) is 1. The minimum absolute atomic E-state index is 0.521. The number of thioether (sulfide) groups is 1. The summed E-state index contributed by atoms with van der Waals surface area (Å²) in [7, 11) is 1.78. The molecule has 0 saturated heterocycles. The van der Waals surface area contributed by atoms with E-state index in [1.165, 1.54) is 36.1 Å². The van der Waals surface area contributed by atoms with Gasteiger partial charge in [-0.05, 0) is 49.1 Å². The number of aryl methyl sites for hydroxylation is 1. The van der Waals surface area contributed by atoms with E-state index in [1.807, 2.05) is 0 Å². The molecule has 112 valence electrons. The highest BCUT2D eigenvalue weighted by molar-refractivity contribution is 7.99. The largest absolute Gasteiger partial charge is 0.385 e. The van der Waals surface area contributed by atoms with Gasteiger partial charge in [-0.2, -0.15) is 11.8 Å². The van der Waals surface area contributed by atoms with Crippen LogP contribution in [0.4, 0.5) is 0 Å². The lowest BCUT2D eigenvalue weighted by Gasteiger charge is -2.34. The molecule has 20 heavy (non-hydrogen) atoms. The molecule has 1 N–H and O–H groups in total. The van der Waals surface area contributed by atoms with Gasteiger partial charge in [0.1, 0.15) is 0 Å². The zero-order valence-electron chi connectivity index (χ0n) is 12.7. The van der Waals surface area contributed by atoms with E-state index in [0.29, 0.717) is 11.3 Å². The third-order valence-electron chi connectivity index (χ3n) is 3.90. The summed E-state index contributed by atoms with van der Waals surface area (Å²) < 4.78 is 5.15. The molecule has 2 unspecified atom stereocenters. The summed E-state index contributed by atoms with van der Waals surface area (Å²) in [5.74, 6) is 1.20. The van der Waals surface area contributed by atoms with Crippen molar-refractivity contribution in [3.8, 4) is 0 Å². The Morgan fingerprint density at radius 2 is 2.20 bits per heavy atom. The molecule has 0 heterocycles. The van der Waals surface area contributed by atoms with Gasteiger partial charge in [-0.15, -0.1) is 0 Å². The number of rotatable bonds is 8. The average Bonchev–Trinajstić information content (AvgIpc) is 2.50. The van der Waals surface area contributed by atoms with Crippen molar-refractivity contribution in [2.75, 3.05) is 26.0 Å². The van der Waals surface area contributed by atoms with Crippen molar-refractivity contribution in [1.82, 2.24) is 5.32 Å². The van der Waals surface area contributed by atoms with Gasteiger partial charge in [-0.25, -0.2) is 0 Å². The van der Waals surface area contributed by atoms with Crippen LogP contribution in [-0.2, 0) is 11.2 Å². The van der Waals surface area contributed by atoms with Crippen LogP contribution in [0.3, 0.4) is 0 Å². The summed E-state index contributed by atoms with van der Waals surface area (Å²) in [5, 5.41) is 4.47. The van der Waals surface area contributed by atoms with Crippen LogP contribution in [-0.4, -0.2) is 31.3 Å². The third-order valence-corrected chi connectivity index (χ3v) is 5.36. The monoisotopic (exact) mass is 293 g/mol. The third kappa shape index (κ3) is 4.24. The molecular formula is C17H27NOS. The van der Waals surface area contributed by atoms with Crippen molar-refractivity contribution in [2.45, 2.75) is 43.9 Å². The molecular weight excluding hydrogens is 266 g/mol. The zero-order valence-corrected chi connectivity index (χ0v) is 13.5. The van der Waals surface area contributed by atoms with E-state index in [2.05, 4.69) is 48.3 Å². The van der Waals surface area contributed by atoms with Crippen molar-refractivity contribution in [2.24, 2.45) is 0 Å². The van der Waals surface area contributed by atoms with Gasteiger partial charge >= 0.3 is 0 Å². The van der Waals surface area contributed by atoms with E-state index in [1.54, 1.807) is 7.11 Å². The van der Waals surface area contributed by atoms with Gasteiger partial charge < -0.3 is 10.1 Å². The van der Waals surface area contributed by atoms with E-state index >= 15 is 0 Å². The minimum Gasteiger partial charge on any atom is -0.385 e. The molecule has 0 aromatic heterocycles. The van der Waals surface area contributed by atoms with Crippen LogP contribution in [0.2, 0.25) is 0 Å². The molecule has 2 rings (SSSR count). The fourth-order valence-electron chi connectivity index (χ4n) is 2.89. The molecule has 0 radical (unpaired) electrons. The van der Waals surface area contributed by atoms with Gasteiger partial charge in [0.15, 0.2) is 0 Å². The fourth-order valence-corrected chi connectivity index (χ4v) is 4.20. The van der Waals surface area contributed by atoms with Gasteiger partial charge in [0.25, 0.3) is 0 Å². The quantitative estimate of drug-likeness (QED) is 0.736. The fraction of sp³-hybridized carbons (Fsp3) is 0.647. The standard InChI is InChI=1S/C17H27NOS/c1-3-11-18-17-15-8-5-4-7-14(15)9-10-16(17)20-13-6-12-19-2/h4-5,7-8,16-18H,3,6,9-13H2,1-2H3. The van der Waals surface area contributed by atoms with Crippen LogP contribution in [0, 0.1) is 0 Å². The van der Waals surface area contributed by atoms with Crippen LogP contribution in [0.5, 0.6) is 0 Å². The van der Waals surface area contributed by atoms with Gasteiger partial charge in [0.05, 0.1) is 0 Å². The lowest BCUT2D eigenvalue weighted by Crippen LogP contribution is -2.35. The van der Waals surface area contributed by atoms with Crippen LogP contribution >= 0.6 is 11.8 Å². The van der Waals surface area contributed by atoms with Crippen LogP contribution in [0.1, 0.15) is 43.4 Å². The Balaban J connectivity index is 2.00. The minimum atomic E-state index is 0.521. The van der Waals surface area contributed by atoms with E-state index in [9.17, 15) is 0 Å². The molecule has 0 spiro atoms. The summed E-state index contributed by atoms with van der Waals surface area (Å²) in [6.45, 7) is 4.22. The van der Waals surface area contributed by atoms with E-state index < -0.39 is 0 Å². The maximum absolute atomic E-state index is 5.15. The highest BCUT2D eigenvalue weighted by Crippen LogP contribution is 2.37. The molecule has 2 nitrogen and oxygen atoms in total. The molecule has 2 atom stereocenters. The first-order valence-corrected chi connectivity index (χ1v) is 8.83. The first-order valence-electron chi connectivity index (χ1n) is 7.78. The molecule has 1 aromatic carbocycles. The Bertz CT molecular complexity index is 396. The normalized spacial score (nSPS) is 21.7. The number of fused-ring (bicyclic) bond motifs is 1. The molecule has 0 aliphatic heterocycles. The SMILES string of the molecule is CCCNC1c2ccccc2CCC1SCCCOC. The molecule has 1 aromatic rings. The predicted octanol–water partition coefficient (Wildman–Crippen LogP) is 3.81. The van der Waals surface area contributed by atoms with Crippen molar-refractivity contribution in [3.63, 3.8) is 0 Å². The second kappa shape index (κ2) is 8.71. The predicted molar refractivity (Wildman–Crippen MR) is 88.5 cm³/mol. The van der Waals surface area contributed by atoms with Crippen molar-refractivity contribution < 1.29 is 4.74 Å². The van der Waals surface area contributed by atoms with Crippen molar-refractivity contribution in [3.05, 3.63) is 35.4 Å². The molecule has 1 aliphatic rings. The van der Waals surface area contributed by atoms with Gasteiger partial charge in [0, 0.05) is 25.0 Å². The smallest absolute Gasteiger partial charge is 0.0470 e. The molecule has 0 fully saturated rings. The van der Waals surface area contributed by atoms with E-state index in [4.69, 9.17) is 4.74 Å². The summed E-state index contributed by atoms with van der Waals surface area (Å²) in [5.41, 5.74) is 3.06.